The van der Waals surface area contributed by atoms with Gasteiger partial charge in [-0.1, -0.05) is 38.5 Å². The maximum Gasteiger partial charge on any atom is 0.324 e. The van der Waals surface area contributed by atoms with Crippen LogP contribution in [0, 0.1) is 0 Å². The first kappa shape index (κ1) is 18.2. The summed E-state index contributed by atoms with van der Waals surface area (Å²) in [5.41, 5.74) is 0. The molecule has 2 saturated heterocycles. The highest BCUT2D eigenvalue weighted by molar-refractivity contribution is 6.02. The number of carbonyl (C=O) groups is 4. The second-order valence-electron chi connectivity index (χ2n) is 6.38. The predicted octanol–water partition coefficient (Wildman–Crippen LogP) is 1.21. The zero-order valence-corrected chi connectivity index (χ0v) is 14.0. The molecule has 8 heteroatoms. The van der Waals surface area contributed by atoms with Crippen molar-refractivity contribution in [3.8, 4) is 0 Å². The van der Waals surface area contributed by atoms with Crippen molar-refractivity contribution < 1.29 is 19.2 Å². The number of nitrogens with one attached hydrogen (secondary N) is 2. The highest BCUT2D eigenvalue weighted by Crippen LogP contribution is 2.11. The van der Waals surface area contributed by atoms with Gasteiger partial charge in [-0.05, 0) is 12.8 Å². The van der Waals surface area contributed by atoms with Gasteiger partial charge in [0.25, 0.3) is 0 Å². The number of rotatable bonds is 11. The lowest BCUT2D eigenvalue weighted by atomic mass is 10.1. The number of unbranched alkanes of at least 4 members (excludes halogenated alkanes) is 7. The summed E-state index contributed by atoms with van der Waals surface area (Å²) in [5.74, 6) is -0.424. The van der Waals surface area contributed by atoms with Gasteiger partial charge in [0.2, 0.25) is 11.8 Å². The van der Waals surface area contributed by atoms with Crippen LogP contribution in [-0.4, -0.2) is 59.9 Å². The number of amides is 6. The third-order valence-electron chi connectivity index (χ3n) is 4.34. The molecule has 0 aromatic rings. The maximum atomic E-state index is 11.3. The first-order chi connectivity index (χ1) is 11.6. The van der Waals surface area contributed by atoms with Crippen molar-refractivity contribution >= 4 is 23.9 Å². The number of hydrogen-bond acceptors (Lipinski definition) is 4. The molecule has 0 bridgehead atoms. The topological polar surface area (TPSA) is 98.8 Å². The van der Waals surface area contributed by atoms with Crippen LogP contribution in [0.3, 0.4) is 0 Å². The largest absolute Gasteiger partial charge is 0.324 e. The fourth-order valence-corrected chi connectivity index (χ4v) is 2.99. The first-order valence-electron chi connectivity index (χ1n) is 8.74. The van der Waals surface area contributed by atoms with E-state index in [9.17, 15) is 19.2 Å². The van der Waals surface area contributed by atoms with E-state index in [-0.39, 0.29) is 37.0 Å². The lowest BCUT2D eigenvalue weighted by Gasteiger charge is -2.13. The van der Waals surface area contributed by atoms with Crippen molar-refractivity contribution in [2.24, 2.45) is 0 Å². The minimum Gasteiger partial charge on any atom is -0.315 e. The second kappa shape index (κ2) is 9.24. The Balaban J connectivity index is 1.37. The van der Waals surface area contributed by atoms with E-state index in [1.807, 2.05) is 0 Å². The van der Waals surface area contributed by atoms with Gasteiger partial charge >= 0.3 is 12.1 Å². The summed E-state index contributed by atoms with van der Waals surface area (Å²) in [7, 11) is 0. The van der Waals surface area contributed by atoms with E-state index in [1.54, 1.807) is 9.80 Å². The molecular formula is C16H26N4O4. The molecule has 24 heavy (non-hydrogen) atoms. The third kappa shape index (κ3) is 5.82. The van der Waals surface area contributed by atoms with E-state index in [0.717, 1.165) is 51.4 Å². The van der Waals surface area contributed by atoms with Crippen LogP contribution in [0.1, 0.15) is 51.4 Å². The molecule has 2 N–H and O–H groups in total. The molecule has 0 aliphatic carbocycles. The van der Waals surface area contributed by atoms with E-state index in [2.05, 4.69) is 10.6 Å². The van der Waals surface area contributed by atoms with Crippen LogP contribution in [0.25, 0.3) is 0 Å². The maximum absolute atomic E-state index is 11.3. The normalized spacial score (nSPS) is 17.7. The lowest BCUT2D eigenvalue weighted by molar-refractivity contribution is -0.119. The van der Waals surface area contributed by atoms with Crippen LogP contribution in [0.4, 0.5) is 9.59 Å². The average Bonchev–Trinajstić information content (AvgIpc) is 3.02. The number of imide groups is 2. The molecule has 8 nitrogen and oxygen atoms in total. The Morgan fingerprint density at radius 1 is 0.583 bits per heavy atom. The highest BCUT2D eigenvalue weighted by atomic mass is 16.2. The second-order valence-corrected chi connectivity index (χ2v) is 6.38. The Hall–Kier alpha value is -2.12. The number of nitrogens with zero attached hydrogens (tertiary/aromatic N) is 2. The first-order valence-corrected chi connectivity index (χ1v) is 8.74. The standard InChI is InChI=1S/C16H26N4O4/c21-13-11-19(15(23)17-13)9-7-5-3-1-2-4-6-8-10-20-12-14(22)18-16(20)24/h1-12H2,(H,17,21,23)(H,18,22,24). The van der Waals surface area contributed by atoms with Gasteiger partial charge in [0.1, 0.15) is 13.1 Å². The van der Waals surface area contributed by atoms with Crippen LogP contribution in [-0.2, 0) is 9.59 Å². The monoisotopic (exact) mass is 338 g/mol. The van der Waals surface area contributed by atoms with Gasteiger partial charge in [-0.2, -0.15) is 0 Å². The van der Waals surface area contributed by atoms with Crippen molar-refractivity contribution in [3.63, 3.8) is 0 Å². The van der Waals surface area contributed by atoms with Crippen LogP contribution >= 0.6 is 0 Å². The molecule has 134 valence electrons. The molecule has 6 amide bonds. The Labute approximate surface area is 141 Å². The van der Waals surface area contributed by atoms with Crippen LogP contribution in [0.2, 0.25) is 0 Å². The summed E-state index contributed by atoms with van der Waals surface area (Å²) in [4.78, 5) is 47.8. The fraction of sp³-hybridized carbons (Fsp3) is 0.750. The summed E-state index contributed by atoms with van der Waals surface area (Å²) in [6, 6.07) is -0.540. The minimum absolute atomic E-state index is 0.194. The summed E-state index contributed by atoms with van der Waals surface area (Å²) in [5, 5.41) is 4.55. The number of hydrogen-bond donors (Lipinski definition) is 2. The molecular weight excluding hydrogens is 312 g/mol. The average molecular weight is 338 g/mol. The third-order valence-corrected chi connectivity index (χ3v) is 4.34. The molecule has 0 atom stereocenters. The van der Waals surface area contributed by atoms with Crippen molar-refractivity contribution in [2.45, 2.75) is 51.4 Å². The molecule has 2 rings (SSSR count). The zero-order valence-electron chi connectivity index (χ0n) is 14.0. The molecule has 0 aromatic heterocycles. The summed E-state index contributed by atoms with van der Waals surface area (Å²) < 4.78 is 0. The Kier molecular flexibility index (Phi) is 7.02. The molecule has 0 aromatic carbocycles. The SMILES string of the molecule is O=C1CN(CCCCCCCCCCN2CC(=O)NC2=O)C(=O)N1. The summed E-state index contributed by atoms with van der Waals surface area (Å²) in [6.07, 6.45) is 8.57. The van der Waals surface area contributed by atoms with E-state index in [4.69, 9.17) is 0 Å². The van der Waals surface area contributed by atoms with Crippen molar-refractivity contribution in [1.29, 1.82) is 0 Å². The van der Waals surface area contributed by atoms with Gasteiger partial charge in [-0.3, -0.25) is 20.2 Å². The highest BCUT2D eigenvalue weighted by Gasteiger charge is 2.26. The quantitative estimate of drug-likeness (QED) is 0.437. The van der Waals surface area contributed by atoms with E-state index in [1.165, 1.54) is 0 Å². The number of urea groups is 2. The van der Waals surface area contributed by atoms with Crippen molar-refractivity contribution in [3.05, 3.63) is 0 Å². The summed E-state index contributed by atoms with van der Waals surface area (Å²) in [6.45, 7) is 1.68. The Morgan fingerprint density at radius 2 is 0.917 bits per heavy atom. The molecule has 0 spiro atoms. The Morgan fingerprint density at radius 3 is 1.21 bits per heavy atom. The van der Waals surface area contributed by atoms with Crippen LogP contribution < -0.4 is 10.6 Å². The van der Waals surface area contributed by atoms with Gasteiger partial charge in [0, 0.05) is 13.1 Å². The Bertz CT molecular complexity index is 450. The lowest BCUT2D eigenvalue weighted by Crippen LogP contribution is -2.29. The molecule has 2 fully saturated rings. The van der Waals surface area contributed by atoms with Gasteiger partial charge in [0.15, 0.2) is 0 Å². The van der Waals surface area contributed by atoms with Gasteiger partial charge in [-0.15, -0.1) is 0 Å². The molecule has 0 radical (unpaired) electrons. The van der Waals surface area contributed by atoms with Gasteiger partial charge in [0.05, 0.1) is 0 Å². The fourth-order valence-electron chi connectivity index (χ4n) is 2.99. The molecule has 2 heterocycles. The molecule has 0 saturated carbocycles. The van der Waals surface area contributed by atoms with Crippen LogP contribution in [0.5, 0.6) is 0 Å². The van der Waals surface area contributed by atoms with E-state index < -0.39 is 0 Å². The number of carbonyl (C=O) groups excluding carboxylic acids is 4. The summed E-state index contributed by atoms with van der Waals surface area (Å²) >= 11 is 0. The van der Waals surface area contributed by atoms with E-state index in [0.29, 0.717) is 13.1 Å². The van der Waals surface area contributed by atoms with Gasteiger partial charge in [-0.25, -0.2) is 9.59 Å². The molecule has 0 unspecified atom stereocenters. The molecule has 2 aliphatic heterocycles. The van der Waals surface area contributed by atoms with Crippen LogP contribution in [0.15, 0.2) is 0 Å². The van der Waals surface area contributed by atoms with E-state index >= 15 is 0 Å². The molecule has 2 aliphatic rings. The van der Waals surface area contributed by atoms with Crippen molar-refractivity contribution in [1.82, 2.24) is 20.4 Å². The van der Waals surface area contributed by atoms with Crippen molar-refractivity contribution in [2.75, 3.05) is 26.2 Å². The van der Waals surface area contributed by atoms with Gasteiger partial charge < -0.3 is 9.80 Å². The predicted molar refractivity (Wildman–Crippen MR) is 87.2 cm³/mol. The smallest absolute Gasteiger partial charge is 0.315 e. The minimum atomic E-state index is -0.270. The zero-order chi connectivity index (χ0) is 17.4.